The molecule has 0 N–H and O–H groups in total. The molecule has 0 bridgehead atoms. The van der Waals surface area contributed by atoms with Gasteiger partial charge in [-0.1, -0.05) is 109 Å². The summed E-state index contributed by atoms with van der Waals surface area (Å²) >= 11 is 0. The Kier molecular flexibility index (Phi) is 4.75. The lowest BCUT2D eigenvalue weighted by molar-refractivity contribution is 0.592. The van der Waals surface area contributed by atoms with Gasteiger partial charge in [0.1, 0.15) is 0 Å². The fraction of sp³-hybridized carbons (Fsp3) is 0. The van der Waals surface area contributed by atoms with E-state index >= 15 is 0 Å². The van der Waals surface area contributed by atoms with E-state index in [1.54, 1.807) is 0 Å². The molecular weight excluding hydrogens is 421 g/mol. The van der Waals surface area contributed by atoms with Gasteiger partial charge in [0, 0.05) is 32.4 Å². The van der Waals surface area contributed by atoms with Crippen LogP contribution in [0, 0.1) is 0 Å². The molecule has 6 rings (SSSR count). The van der Waals surface area contributed by atoms with Crippen molar-refractivity contribution in [1.29, 1.82) is 0 Å². The first-order chi connectivity index (χ1) is 16.3. The summed E-state index contributed by atoms with van der Waals surface area (Å²) in [5, 5.41) is 4.95. The molecule has 5 aromatic carbocycles. The van der Waals surface area contributed by atoms with Crippen LogP contribution in [-0.4, -0.2) is 4.57 Å². The fourth-order valence-corrected chi connectivity index (χ4v) is 7.44. The largest absolute Gasteiger partial charge is 0.309 e. The molecule has 6 aromatic rings. The number of nitrogens with zero attached hydrogens (tertiary/aromatic N) is 1. The Labute approximate surface area is 193 Å². The minimum absolute atomic E-state index is 0.833. The number of para-hydroxylation sites is 2. The summed E-state index contributed by atoms with van der Waals surface area (Å²) in [5.74, 6) is 0. The summed E-state index contributed by atoms with van der Waals surface area (Å²) < 4.78 is 17.1. The van der Waals surface area contributed by atoms with E-state index in [4.69, 9.17) is 0 Å². The lowest BCUT2D eigenvalue weighted by Crippen LogP contribution is -2.25. The number of hydrogen-bond donors (Lipinski definition) is 0. The Balaban J connectivity index is 1.64. The van der Waals surface area contributed by atoms with Gasteiger partial charge >= 0.3 is 0 Å². The first-order valence-corrected chi connectivity index (χ1v) is 12.8. The molecule has 0 amide bonds. The van der Waals surface area contributed by atoms with Gasteiger partial charge in [-0.25, -0.2) is 0 Å². The summed E-state index contributed by atoms with van der Waals surface area (Å²) in [6.07, 6.45) is 0. The van der Waals surface area contributed by atoms with E-state index < -0.39 is 7.14 Å². The molecule has 0 radical (unpaired) electrons. The van der Waals surface area contributed by atoms with Crippen LogP contribution in [0.15, 0.2) is 133 Å². The number of hydrogen-bond acceptors (Lipinski definition) is 1. The zero-order chi connectivity index (χ0) is 22.3. The smallest absolute Gasteiger partial charge is 0.171 e. The van der Waals surface area contributed by atoms with Gasteiger partial charge in [-0.15, -0.1) is 0 Å². The molecule has 0 saturated heterocycles. The van der Waals surface area contributed by atoms with Crippen molar-refractivity contribution in [2.75, 3.05) is 0 Å². The highest BCUT2D eigenvalue weighted by molar-refractivity contribution is 7.85. The molecule has 0 spiro atoms. The van der Waals surface area contributed by atoms with Gasteiger partial charge < -0.3 is 9.13 Å². The second kappa shape index (κ2) is 7.92. The van der Waals surface area contributed by atoms with E-state index in [1.165, 1.54) is 10.8 Å². The molecule has 0 unspecified atom stereocenters. The maximum atomic E-state index is 14.9. The van der Waals surface area contributed by atoms with Crippen molar-refractivity contribution in [3.05, 3.63) is 133 Å². The molecule has 0 aliphatic rings. The highest BCUT2D eigenvalue weighted by atomic mass is 31.2. The Morgan fingerprint density at radius 3 is 1.45 bits per heavy atom. The summed E-state index contributed by atoms with van der Waals surface area (Å²) in [6, 6.07) is 44.8. The van der Waals surface area contributed by atoms with E-state index in [0.29, 0.717) is 0 Å². The van der Waals surface area contributed by atoms with Crippen molar-refractivity contribution in [2.45, 2.75) is 0 Å². The summed E-state index contributed by atoms with van der Waals surface area (Å²) in [4.78, 5) is 0. The van der Waals surface area contributed by atoms with Gasteiger partial charge in [0.05, 0.1) is 11.0 Å². The summed E-state index contributed by atoms with van der Waals surface area (Å²) in [7, 11) is -3.04. The Hall–Kier alpha value is -3.87. The average Bonchev–Trinajstić information content (AvgIpc) is 3.24. The zero-order valence-electron chi connectivity index (χ0n) is 18.0. The van der Waals surface area contributed by atoms with E-state index in [0.717, 1.165) is 32.6 Å². The third kappa shape index (κ3) is 3.15. The van der Waals surface area contributed by atoms with E-state index in [2.05, 4.69) is 65.2 Å². The molecule has 2 nitrogen and oxygen atoms in total. The van der Waals surface area contributed by atoms with Crippen LogP contribution in [0.4, 0.5) is 0 Å². The Bertz CT molecular complexity index is 1540. The third-order valence-electron chi connectivity index (χ3n) is 6.27. The van der Waals surface area contributed by atoms with Crippen LogP contribution in [0.3, 0.4) is 0 Å². The maximum Gasteiger partial charge on any atom is 0.171 e. The van der Waals surface area contributed by atoms with Gasteiger partial charge in [-0.3, -0.25) is 0 Å². The van der Waals surface area contributed by atoms with Crippen molar-refractivity contribution in [2.24, 2.45) is 0 Å². The molecular formula is C30H22NOP. The molecule has 0 fully saturated rings. The van der Waals surface area contributed by atoms with Crippen molar-refractivity contribution in [3.63, 3.8) is 0 Å². The number of rotatable bonds is 4. The Morgan fingerprint density at radius 1 is 0.455 bits per heavy atom. The maximum absolute atomic E-state index is 14.9. The second-order valence-corrected chi connectivity index (χ2v) is 10.9. The number of benzene rings is 5. The monoisotopic (exact) mass is 443 g/mol. The van der Waals surface area contributed by atoms with Crippen LogP contribution in [0.25, 0.3) is 27.5 Å². The van der Waals surface area contributed by atoms with Gasteiger partial charge in [0.15, 0.2) is 7.14 Å². The molecule has 0 atom stereocenters. The highest BCUT2D eigenvalue weighted by Crippen LogP contribution is 2.43. The predicted octanol–water partition coefficient (Wildman–Crippen LogP) is 6.42. The third-order valence-corrected chi connectivity index (χ3v) is 9.33. The van der Waals surface area contributed by atoms with Gasteiger partial charge in [-0.2, -0.15) is 0 Å². The number of fused-ring (bicyclic) bond motifs is 3. The molecule has 1 heterocycles. The van der Waals surface area contributed by atoms with Crippen LogP contribution in [0.5, 0.6) is 0 Å². The SMILES string of the molecule is O=P(c1ccccc1)(c1ccccc1)c1cccc(-n2c3ccccc3c3ccccc32)c1. The van der Waals surface area contributed by atoms with Crippen LogP contribution in [0.1, 0.15) is 0 Å². The van der Waals surface area contributed by atoms with Crippen molar-refractivity contribution < 1.29 is 4.57 Å². The average molecular weight is 443 g/mol. The minimum atomic E-state index is -3.04. The van der Waals surface area contributed by atoms with Crippen molar-refractivity contribution in [1.82, 2.24) is 4.57 Å². The Morgan fingerprint density at radius 2 is 0.909 bits per heavy atom. The summed E-state index contributed by atoms with van der Waals surface area (Å²) in [6.45, 7) is 0. The molecule has 0 saturated carbocycles. The summed E-state index contributed by atoms with van der Waals surface area (Å²) in [5.41, 5.74) is 3.30. The quantitative estimate of drug-likeness (QED) is 0.288. The van der Waals surface area contributed by atoms with Crippen LogP contribution in [-0.2, 0) is 4.57 Å². The lowest BCUT2D eigenvalue weighted by Gasteiger charge is -2.21. The molecule has 33 heavy (non-hydrogen) atoms. The van der Waals surface area contributed by atoms with E-state index in [1.807, 2.05) is 72.8 Å². The predicted molar refractivity (Wildman–Crippen MR) is 140 cm³/mol. The molecule has 3 heteroatoms. The van der Waals surface area contributed by atoms with Crippen LogP contribution < -0.4 is 15.9 Å². The van der Waals surface area contributed by atoms with Crippen LogP contribution in [0.2, 0.25) is 0 Å². The first kappa shape index (κ1) is 19.8. The number of aromatic nitrogens is 1. The van der Waals surface area contributed by atoms with Gasteiger partial charge in [0.25, 0.3) is 0 Å². The molecule has 0 aliphatic carbocycles. The fourth-order valence-electron chi connectivity index (χ4n) is 4.75. The lowest BCUT2D eigenvalue weighted by atomic mass is 10.2. The van der Waals surface area contributed by atoms with E-state index in [9.17, 15) is 4.57 Å². The van der Waals surface area contributed by atoms with Gasteiger partial charge in [-0.05, 0) is 24.3 Å². The van der Waals surface area contributed by atoms with Crippen LogP contribution >= 0.6 is 7.14 Å². The normalized spacial score (nSPS) is 11.8. The topological polar surface area (TPSA) is 22.0 Å². The standard InChI is InChI=1S/C30H22NOP/c32-33(24-13-3-1-4-14-24,25-15-5-2-6-16-25)26-17-11-12-23(22-26)31-29-20-9-7-18-27(29)28-19-8-10-21-30(28)31/h1-22H. The highest BCUT2D eigenvalue weighted by Gasteiger charge is 2.30. The van der Waals surface area contributed by atoms with Gasteiger partial charge in [0.2, 0.25) is 0 Å². The molecule has 0 aliphatic heterocycles. The zero-order valence-corrected chi connectivity index (χ0v) is 18.9. The first-order valence-electron chi connectivity index (χ1n) is 11.1. The molecule has 158 valence electrons. The minimum Gasteiger partial charge on any atom is -0.309 e. The van der Waals surface area contributed by atoms with Crippen molar-refractivity contribution >= 4 is 44.9 Å². The molecule has 1 aromatic heterocycles. The van der Waals surface area contributed by atoms with Crippen molar-refractivity contribution in [3.8, 4) is 5.69 Å². The second-order valence-electron chi connectivity index (χ2n) is 8.17. The van der Waals surface area contributed by atoms with E-state index in [-0.39, 0.29) is 0 Å².